The molecule has 0 unspecified atom stereocenters. The summed E-state index contributed by atoms with van der Waals surface area (Å²) in [4.78, 5) is 13.0. The molecule has 0 aliphatic carbocycles. The van der Waals surface area contributed by atoms with E-state index in [2.05, 4.69) is 11.4 Å². The van der Waals surface area contributed by atoms with Gasteiger partial charge in [0.1, 0.15) is 17.0 Å². The van der Waals surface area contributed by atoms with Gasteiger partial charge < -0.3 is 15.7 Å². The Morgan fingerprint density at radius 1 is 1.81 bits per heavy atom. The van der Waals surface area contributed by atoms with Crippen molar-refractivity contribution in [3.63, 3.8) is 0 Å². The second kappa shape index (κ2) is 4.22. The first-order valence-corrected chi connectivity index (χ1v) is 6.05. The molecular weight excluding hydrogens is 228 g/mol. The van der Waals surface area contributed by atoms with Gasteiger partial charge in [-0.2, -0.15) is 5.26 Å². The molecule has 6 nitrogen and oxygen atoms in total. The van der Waals surface area contributed by atoms with Crippen LogP contribution in [0.1, 0.15) is 0 Å². The normalized spacial score (nSPS) is 28.6. The summed E-state index contributed by atoms with van der Waals surface area (Å²) in [6.07, 6.45) is 0. The molecule has 0 aromatic carbocycles. The molecule has 2 saturated heterocycles. The van der Waals surface area contributed by atoms with E-state index in [1.807, 2.05) is 0 Å². The van der Waals surface area contributed by atoms with E-state index in [1.165, 1.54) is 0 Å². The lowest BCUT2D eigenvalue weighted by molar-refractivity contribution is -0.139. The molecule has 2 aliphatic rings. The van der Waals surface area contributed by atoms with Gasteiger partial charge in [-0.15, -0.1) is 11.8 Å². The summed E-state index contributed by atoms with van der Waals surface area (Å²) < 4.78 is 0. The highest BCUT2D eigenvalue weighted by Gasteiger charge is 2.50. The molecule has 2 fully saturated rings. The molecule has 0 radical (unpaired) electrons. The van der Waals surface area contributed by atoms with Crippen molar-refractivity contribution < 1.29 is 9.90 Å². The molecule has 0 saturated carbocycles. The zero-order valence-electron chi connectivity index (χ0n) is 8.72. The summed E-state index contributed by atoms with van der Waals surface area (Å²) in [5.74, 6) is 0.529. The lowest BCUT2D eigenvalue weighted by Crippen LogP contribution is -2.69. The quantitative estimate of drug-likeness (QED) is 0.521. The van der Waals surface area contributed by atoms with Gasteiger partial charge >= 0.3 is 0 Å². The van der Waals surface area contributed by atoms with E-state index in [0.717, 1.165) is 5.75 Å². The monoisotopic (exact) mass is 242 g/mol. The number of likely N-dealkylation sites (tertiary alicyclic amines) is 1. The van der Waals surface area contributed by atoms with Crippen molar-refractivity contribution in [3.8, 4) is 6.07 Å². The number of nitriles is 1. The molecular formula is C9H14N4O2S. The Bertz CT molecular complexity index is 337. The summed E-state index contributed by atoms with van der Waals surface area (Å²) in [6, 6.07) is 1.21. The van der Waals surface area contributed by atoms with E-state index in [0.29, 0.717) is 13.1 Å². The highest BCUT2D eigenvalue weighted by atomic mass is 32.2. The van der Waals surface area contributed by atoms with Crippen LogP contribution in [0.4, 0.5) is 0 Å². The molecule has 0 aromatic rings. The molecule has 2 aliphatic heterocycles. The van der Waals surface area contributed by atoms with Crippen LogP contribution >= 0.6 is 11.8 Å². The topological polar surface area (TPSA) is 102 Å². The van der Waals surface area contributed by atoms with E-state index in [-0.39, 0.29) is 23.4 Å². The molecule has 1 amide bonds. The number of hydrogen-bond acceptors (Lipinski definition) is 6. The van der Waals surface area contributed by atoms with E-state index >= 15 is 0 Å². The predicted octanol–water partition coefficient (Wildman–Crippen LogP) is -1.93. The Labute approximate surface area is 97.8 Å². The van der Waals surface area contributed by atoms with Gasteiger partial charge in [-0.05, 0) is 0 Å². The maximum Gasteiger partial charge on any atom is 0.242 e. The average Bonchev–Trinajstić information content (AvgIpc) is 2.69. The van der Waals surface area contributed by atoms with Gasteiger partial charge in [0.05, 0.1) is 25.8 Å². The molecule has 2 rings (SSSR count). The Balaban J connectivity index is 1.86. The lowest BCUT2D eigenvalue weighted by atomic mass is 10.1. The van der Waals surface area contributed by atoms with Crippen LogP contribution in [0.25, 0.3) is 0 Å². The van der Waals surface area contributed by atoms with Crippen molar-refractivity contribution in [2.45, 2.75) is 17.0 Å². The molecule has 0 aromatic heterocycles. The first kappa shape index (κ1) is 11.7. The molecule has 2 atom stereocenters. The number of rotatable bonds is 2. The Hall–Kier alpha value is -0.810. The third-order valence-corrected chi connectivity index (χ3v) is 4.27. The third kappa shape index (κ3) is 1.89. The van der Waals surface area contributed by atoms with Crippen molar-refractivity contribution in [3.05, 3.63) is 0 Å². The number of nitrogens with one attached hydrogen (secondary N) is 1. The Morgan fingerprint density at radius 2 is 2.50 bits per heavy atom. The summed E-state index contributed by atoms with van der Waals surface area (Å²) in [5.41, 5.74) is 5.45. The summed E-state index contributed by atoms with van der Waals surface area (Å²) in [5, 5.41) is 20.7. The van der Waals surface area contributed by atoms with Gasteiger partial charge in [0.15, 0.2) is 0 Å². The highest BCUT2D eigenvalue weighted by molar-refractivity contribution is 8.01. The largest absolute Gasteiger partial charge is 0.394 e. The third-order valence-electron chi connectivity index (χ3n) is 2.84. The number of carbonyl (C=O) groups is 1. The fourth-order valence-corrected chi connectivity index (χ4v) is 3.30. The van der Waals surface area contributed by atoms with Crippen molar-refractivity contribution in [1.29, 1.82) is 5.26 Å². The van der Waals surface area contributed by atoms with Crippen LogP contribution in [0.3, 0.4) is 0 Å². The minimum absolute atomic E-state index is 0.131. The lowest BCUT2D eigenvalue weighted by Gasteiger charge is -2.48. The smallest absolute Gasteiger partial charge is 0.242 e. The first-order chi connectivity index (χ1) is 7.60. The number of thioether (sulfide) groups is 1. The molecule has 2 heterocycles. The van der Waals surface area contributed by atoms with Crippen LogP contribution in [-0.4, -0.2) is 58.3 Å². The maximum atomic E-state index is 11.6. The van der Waals surface area contributed by atoms with Crippen molar-refractivity contribution in [1.82, 2.24) is 10.2 Å². The second-order valence-corrected chi connectivity index (χ2v) is 5.52. The van der Waals surface area contributed by atoms with Crippen molar-refractivity contribution in [2.75, 3.05) is 25.4 Å². The Morgan fingerprint density at radius 3 is 3.00 bits per heavy atom. The second-order valence-electron chi connectivity index (χ2n) is 4.11. The SMILES string of the molecule is N#C[C@@H]1CSC2(CN(C(=O)[C@@H](N)CO)C2)N1. The number of hydrogen-bond donors (Lipinski definition) is 3. The number of nitrogens with two attached hydrogens (primary N) is 1. The molecule has 16 heavy (non-hydrogen) atoms. The zero-order valence-corrected chi connectivity index (χ0v) is 9.54. The van der Waals surface area contributed by atoms with Crippen LogP contribution in [-0.2, 0) is 4.79 Å². The number of aliphatic hydroxyl groups excluding tert-OH is 1. The van der Waals surface area contributed by atoms with E-state index in [4.69, 9.17) is 16.1 Å². The molecule has 0 bridgehead atoms. The predicted molar refractivity (Wildman–Crippen MR) is 59.4 cm³/mol. The zero-order chi connectivity index (χ0) is 11.8. The van der Waals surface area contributed by atoms with Crippen LogP contribution in [0.15, 0.2) is 0 Å². The van der Waals surface area contributed by atoms with Crippen LogP contribution < -0.4 is 11.1 Å². The van der Waals surface area contributed by atoms with Gasteiger partial charge in [-0.1, -0.05) is 0 Å². The maximum absolute atomic E-state index is 11.6. The fraction of sp³-hybridized carbons (Fsp3) is 0.778. The van der Waals surface area contributed by atoms with E-state index in [1.54, 1.807) is 16.7 Å². The molecule has 4 N–H and O–H groups in total. The van der Waals surface area contributed by atoms with Gasteiger partial charge in [0.25, 0.3) is 0 Å². The highest BCUT2D eigenvalue weighted by Crippen LogP contribution is 2.38. The minimum atomic E-state index is -0.824. The van der Waals surface area contributed by atoms with Gasteiger partial charge in [0, 0.05) is 5.75 Å². The fourth-order valence-electron chi connectivity index (χ4n) is 1.93. The number of carbonyl (C=O) groups excluding carboxylic acids is 1. The van der Waals surface area contributed by atoms with Crippen molar-refractivity contribution in [2.24, 2.45) is 5.73 Å². The van der Waals surface area contributed by atoms with E-state index < -0.39 is 6.04 Å². The average molecular weight is 242 g/mol. The standard InChI is InChI=1S/C9H14N4O2S/c10-1-6-3-16-9(12-6)4-13(5-9)8(15)7(11)2-14/h6-7,12,14H,2-5,11H2/t6-,7+/m1/s1. The molecule has 88 valence electrons. The Kier molecular flexibility index (Phi) is 3.08. The number of amides is 1. The van der Waals surface area contributed by atoms with Crippen molar-refractivity contribution >= 4 is 17.7 Å². The van der Waals surface area contributed by atoms with Gasteiger partial charge in [0.2, 0.25) is 5.91 Å². The van der Waals surface area contributed by atoms with Crippen LogP contribution in [0, 0.1) is 11.3 Å². The van der Waals surface area contributed by atoms with Gasteiger partial charge in [-0.25, -0.2) is 0 Å². The van der Waals surface area contributed by atoms with Gasteiger partial charge in [-0.3, -0.25) is 10.1 Å². The number of nitrogens with zero attached hydrogens (tertiary/aromatic N) is 2. The van der Waals surface area contributed by atoms with Crippen LogP contribution in [0.5, 0.6) is 0 Å². The summed E-state index contributed by atoms with van der Waals surface area (Å²) >= 11 is 1.67. The number of aliphatic hydroxyl groups is 1. The summed E-state index contributed by atoms with van der Waals surface area (Å²) in [6.45, 7) is 0.786. The van der Waals surface area contributed by atoms with E-state index in [9.17, 15) is 4.79 Å². The molecule has 1 spiro atoms. The first-order valence-electron chi connectivity index (χ1n) is 5.07. The minimum Gasteiger partial charge on any atom is -0.394 e. The van der Waals surface area contributed by atoms with Crippen LogP contribution in [0.2, 0.25) is 0 Å². The molecule has 7 heteroatoms. The summed E-state index contributed by atoms with van der Waals surface area (Å²) in [7, 11) is 0.